The Bertz CT molecular complexity index is 388. The van der Waals surface area contributed by atoms with Crippen LogP contribution in [-0.4, -0.2) is 39.7 Å². The highest BCUT2D eigenvalue weighted by Gasteiger charge is 2.33. The van der Waals surface area contributed by atoms with Crippen LogP contribution in [0.15, 0.2) is 0 Å². The molecule has 0 aliphatic carbocycles. The third-order valence-electron chi connectivity index (χ3n) is 2.53. The number of carbonyl (C=O) groups excluding carboxylic acids is 5. The van der Waals surface area contributed by atoms with E-state index in [9.17, 15) is 24.0 Å². The lowest BCUT2D eigenvalue weighted by Gasteiger charge is -2.19. The standard InChI is InChI=1S/C9H10N4O5/c14-5-1-2-6(15)12(5)10-9(18)11-13-7(16)3-4-8(13)17/h1-4H2,(H2,10,11,18). The average molecular weight is 254 g/mol. The van der Waals surface area contributed by atoms with E-state index in [0.717, 1.165) is 0 Å². The Morgan fingerprint density at radius 3 is 1.28 bits per heavy atom. The average Bonchev–Trinajstić information content (AvgIpc) is 2.79. The summed E-state index contributed by atoms with van der Waals surface area (Å²) in [5.74, 6) is -2.13. The first-order valence-electron chi connectivity index (χ1n) is 5.28. The van der Waals surface area contributed by atoms with Gasteiger partial charge >= 0.3 is 6.03 Å². The minimum atomic E-state index is -0.984. The fraction of sp³-hybridized carbons (Fsp3) is 0.444. The van der Waals surface area contributed by atoms with Gasteiger partial charge in [0.25, 0.3) is 0 Å². The Morgan fingerprint density at radius 1 is 0.722 bits per heavy atom. The van der Waals surface area contributed by atoms with Gasteiger partial charge in [-0.2, -0.15) is 10.0 Å². The molecule has 0 bridgehead atoms. The number of amides is 6. The van der Waals surface area contributed by atoms with Crippen molar-refractivity contribution in [1.82, 2.24) is 20.9 Å². The van der Waals surface area contributed by atoms with E-state index < -0.39 is 29.7 Å². The van der Waals surface area contributed by atoms with E-state index in [4.69, 9.17) is 0 Å². The van der Waals surface area contributed by atoms with Crippen molar-refractivity contribution in [2.24, 2.45) is 0 Å². The van der Waals surface area contributed by atoms with E-state index in [0.29, 0.717) is 10.0 Å². The summed E-state index contributed by atoms with van der Waals surface area (Å²) < 4.78 is 0. The Kier molecular flexibility index (Phi) is 2.96. The van der Waals surface area contributed by atoms with Gasteiger partial charge in [0.05, 0.1) is 0 Å². The first-order valence-corrected chi connectivity index (χ1v) is 5.28. The number of imide groups is 2. The molecule has 0 spiro atoms. The molecule has 0 atom stereocenters. The first-order chi connectivity index (χ1) is 8.49. The lowest BCUT2D eigenvalue weighted by Crippen LogP contribution is -2.55. The van der Waals surface area contributed by atoms with Gasteiger partial charge in [-0.1, -0.05) is 0 Å². The second-order valence-electron chi connectivity index (χ2n) is 3.80. The molecule has 2 saturated heterocycles. The van der Waals surface area contributed by atoms with E-state index in [-0.39, 0.29) is 25.7 Å². The molecule has 2 aliphatic heterocycles. The van der Waals surface area contributed by atoms with Gasteiger partial charge in [0.15, 0.2) is 0 Å². The molecule has 0 aromatic carbocycles. The van der Waals surface area contributed by atoms with Crippen molar-refractivity contribution in [2.75, 3.05) is 0 Å². The number of hydrazine groups is 2. The van der Waals surface area contributed by atoms with E-state index in [1.165, 1.54) is 0 Å². The van der Waals surface area contributed by atoms with Crippen molar-refractivity contribution in [3.05, 3.63) is 0 Å². The number of nitrogens with one attached hydrogen (secondary N) is 2. The minimum absolute atomic E-state index is 0.0285. The molecule has 0 unspecified atom stereocenters. The van der Waals surface area contributed by atoms with Crippen LogP contribution in [0.25, 0.3) is 0 Å². The van der Waals surface area contributed by atoms with E-state index in [1.807, 2.05) is 10.9 Å². The predicted molar refractivity (Wildman–Crippen MR) is 53.8 cm³/mol. The number of carbonyl (C=O) groups is 5. The SMILES string of the molecule is O=C(NN1C(=O)CCC1=O)NN1C(=O)CCC1=O. The van der Waals surface area contributed by atoms with Crippen molar-refractivity contribution in [3.8, 4) is 0 Å². The van der Waals surface area contributed by atoms with Gasteiger partial charge in [-0.3, -0.25) is 19.2 Å². The minimum Gasteiger partial charge on any atom is -0.273 e. The van der Waals surface area contributed by atoms with Gasteiger partial charge in [0.1, 0.15) is 0 Å². The maximum Gasteiger partial charge on any atom is 0.353 e. The predicted octanol–water partition coefficient (Wildman–Crippen LogP) is -1.59. The van der Waals surface area contributed by atoms with Crippen LogP contribution in [0, 0.1) is 0 Å². The normalized spacial score (nSPS) is 19.8. The van der Waals surface area contributed by atoms with Crippen LogP contribution < -0.4 is 10.9 Å². The third-order valence-corrected chi connectivity index (χ3v) is 2.53. The Balaban J connectivity index is 1.93. The van der Waals surface area contributed by atoms with E-state index in [2.05, 4.69) is 0 Å². The lowest BCUT2D eigenvalue weighted by molar-refractivity contribution is -0.141. The maximum absolute atomic E-state index is 11.4. The Hall–Kier alpha value is -2.45. The quantitative estimate of drug-likeness (QED) is 0.576. The molecule has 2 N–H and O–H groups in total. The Morgan fingerprint density at radius 2 is 1.00 bits per heavy atom. The molecule has 2 heterocycles. The van der Waals surface area contributed by atoms with Crippen molar-refractivity contribution in [3.63, 3.8) is 0 Å². The second-order valence-corrected chi connectivity index (χ2v) is 3.80. The molecule has 2 fully saturated rings. The van der Waals surface area contributed by atoms with Crippen LogP contribution >= 0.6 is 0 Å². The smallest absolute Gasteiger partial charge is 0.273 e. The molecule has 0 saturated carbocycles. The molecule has 2 rings (SSSR count). The molecule has 0 radical (unpaired) electrons. The molecule has 0 aromatic heterocycles. The number of nitrogens with zero attached hydrogens (tertiary/aromatic N) is 2. The van der Waals surface area contributed by atoms with Gasteiger partial charge in [0.2, 0.25) is 23.6 Å². The molecule has 6 amide bonds. The zero-order valence-electron chi connectivity index (χ0n) is 9.26. The van der Waals surface area contributed by atoms with Crippen LogP contribution in [-0.2, 0) is 19.2 Å². The monoisotopic (exact) mass is 254 g/mol. The number of rotatable bonds is 2. The summed E-state index contributed by atoms with van der Waals surface area (Å²) in [5, 5.41) is 1.14. The summed E-state index contributed by atoms with van der Waals surface area (Å²) in [6.07, 6.45) is 0.114. The fourth-order valence-corrected chi connectivity index (χ4v) is 1.63. The molecule has 9 nitrogen and oxygen atoms in total. The van der Waals surface area contributed by atoms with Crippen molar-refractivity contribution >= 4 is 29.7 Å². The van der Waals surface area contributed by atoms with Gasteiger partial charge in [-0.15, -0.1) is 0 Å². The third kappa shape index (κ3) is 2.14. The molecule has 18 heavy (non-hydrogen) atoms. The zero-order chi connectivity index (χ0) is 13.3. The summed E-state index contributed by atoms with van der Waals surface area (Å²) in [4.78, 5) is 56.2. The molecule has 9 heteroatoms. The lowest BCUT2D eigenvalue weighted by atomic mass is 10.4. The van der Waals surface area contributed by atoms with Crippen molar-refractivity contribution in [2.45, 2.75) is 25.7 Å². The highest BCUT2D eigenvalue weighted by molar-refractivity contribution is 6.05. The van der Waals surface area contributed by atoms with Gasteiger partial charge in [-0.25, -0.2) is 15.6 Å². The molecular formula is C9H10N4O5. The number of hydrogen-bond acceptors (Lipinski definition) is 5. The van der Waals surface area contributed by atoms with Gasteiger partial charge in [0, 0.05) is 25.7 Å². The number of hydrogen-bond donors (Lipinski definition) is 2. The van der Waals surface area contributed by atoms with Crippen LogP contribution in [0.1, 0.15) is 25.7 Å². The van der Waals surface area contributed by atoms with Gasteiger partial charge < -0.3 is 0 Å². The maximum atomic E-state index is 11.4. The molecule has 2 aliphatic rings. The van der Waals surface area contributed by atoms with Crippen LogP contribution in [0.3, 0.4) is 0 Å². The Labute approximate surface area is 101 Å². The molecule has 0 aromatic rings. The summed E-state index contributed by atoms with van der Waals surface area (Å²) in [7, 11) is 0. The van der Waals surface area contributed by atoms with Crippen LogP contribution in [0.5, 0.6) is 0 Å². The van der Waals surface area contributed by atoms with E-state index in [1.54, 1.807) is 0 Å². The summed E-state index contributed by atoms with van der Waals surface area (Å²) in [6.45, 7) is 0. The fourth-order valence-electron chi connectivity index (χ4n) is 1.63. The summed E-state index contributed by atoms with van der Waals surface area (Å²) in [6, 6.07) is -0.984. The first kappa shape index (κ1) is 12.0. The summed E-state index contributed by atoms with van der Waals surface area (Å²) in [5.41, 5.74) is 3.97. The van der Waals surface area contributed by atoms with Gasteiger partial charge in [-0.05, 0) is 0 Å². The van der Waals surface area contributed by atoms with Crippen LogP contribution in [0.2, 0.25) is 0 Å². The number of urea groups is 1. The van der Waals surface area contributed by atoms with Crippen molar-refractivity contribution < 1.29 is 24.0 Å². The highest BCUT2D eigenvalue weighted by Crippen LogP contribution is 2.10. The topological polar surface area (TPSA) is 116 Å². The highest BCUT2D eigenvalue weighted by atomic mass is 16.2. The largest absolute Gasteiger partial charge is 0.353 e. The van der Waals surface area contributed by atoms with E-state index >= 15 is 0 Å². The molecular weight excluding hydrogens is 244 g/mol. The summed E-state index contributed by atoms with van der Waals surface area (Å²) >= 11 is 0. The van der Waals surface area contributed by atoms with Crippen molar-refractivity contribution in [1.29, 1.82) is 0 Å². The molecule has 96 valence electrons. The second kappa shape index (κ2) is 4.43. The van der Waals surface area contributed by atoms with Crippen LogP contribution in [0.4, 0.5) is 4.79 Å². The zero-order valence-corrected chi connectivity index (χ0v) is 9.26.